The van der Waals surface area contributed by atoms with Gasteiger partial charge in [-0.1, -0.05) is 12.1 Å². The van der Waals surface area contributed by atoms with Gasteiger partial charge in [0.2, 0.25) is 0 Å². The summed E-state index contributed by atoms with van der Waals surface area (Å²) in [6, 6.07) is 4.57. The average molecular weight is 284 g/mol. The Hall–Kier alpha value is -1.29. The van der Waals surface area contributed by atoms with Crippen LogP contribution in [0.5, 0.6) is 0 Å². The van der Waals surface area contributed by atoms with Crippen LogP contribution in [0.1, 0.15) is 49.7 Å². The van der Waals surface area contributed by atoms with Crippen LogP contribution in [0.3, 0.4) is 0 Å². The Labute approximate surface area is 117 Å². The molecule has 1 nitrogen and oxygen atoms in total. The van der Waals surface area contributed by atoms with Gasteiger partial charge >= 0.3 is 0 Å². The molecule has 0 spiro atoms. The summed E-state index contributed by atoms with van der Waals surface area (Å²) < 4.78 is 43.7. The smallest absolute Gasteiger partial charge is 0.271 e. The van der Waals surface area contributed by atoms with Crippen LogP contribution in [0.25, 0.3) is 6.08 Å². The van der Waals surface area contributed by atoms with Crippen molar-refractivity contribution in [3.63, 3.8) is 0 Å². The van der Waals surface area contributed by atoms with E-state index in [1.165, 1.54) is 12.1 Å². The van der Waals surface area contributed by atoms with Gasteiger partial charge in [-0.2, -0.15) is 8.78 Å². The minimum atomic E-state index is -1.88. The van der Waals surface area contributed by atoms with Crippen LogP contribution in [0, 0.1) is 5.82 Å². The second kappa shape index (κ2) is 6.93. The van der Waals surface area contributed by atoms with Gasteiger partial charge in [-0.25, -0.2) is 4.39 Å². The van der Waals surface area contributed by atoms with E-state index in [0.29, 0.717) is 18.1 Å². The summed E-state index contributed by atoms with van der Waals surface area (Å²) in [5.74, 6) is -0.281. The van der Waals surface area contributed by atoms with Crippen molar-refractivity contribution >= 4 is 6.08 Å². The first-order chi connectivity index (χ1) is 9.60. The Balaban J connectivity index is 2.04. The molecule has 1 aromatic carbocycles. The lowest BCUT2D eigenvalue weighted by Crippen LogP contribution is -2.20. The maximum Gasteiger partial charge on any atom is 0.271 e. The predicted octanol–water partition coefficient (Wildman–Crippen LogP) is 5.13. The van der Waals surface area contributed by atoms with Crippen molar-refractivity contribution in [2.45, 2.75) is 44.6 Å². The largest absolute Gasteiger partial charge is 0.379 e. The second-order valence-electron chi connectivity index (χ2n) is 5.14. The monoisotopic (exact) mass is 284 g/mol. The second-order valence-corrected chi connectivity index (χ2v) is 5.14. The molecule has 0 N–H and O–H groups in total. The molecule has 1 aliphatic rings. The fourth-order valence-electron chi connectivity index (χ4n) is 2.83. The molecule has 2 rings (SSSR count). The van der Waals surface area contributed by atoms with Crippen LogP contribution < -0.4 is 0 Å². The van der Waals surface area contributed by atoms with E-state index in [2.05, 4.69) is 0 Å². The van der Waals surface area contributed by atoms with Crippen LogP contribution in [-0.4, -0.2) is 12.7 Å². The van der Waals surface area contributed by atoms with Gasteiger partial charge in [0, 0.05) is 18.2 Å². The maximum atomic E-state index is 13.8. The lowest BCUT2D eigenvalue weighted by Gasteiger charge is -2.28. The quantitative estimate of drug-likeness (QED) is 0.745. The first kappa shape index (κ1) is 15.1. The maximum absolute atomic E-state index is 13.8. The summed E-state index contributed by atoms with van der Waals surface area (Å²) in [5.41, 5.74) is 0.839. The molecule has 4 heteroatoms. The van der Waals surface area contributed by atoms with E-state index in [1.807, 2.05) is 6.92 Å². The zero-order valence-electron chi connectivity index (χ0n) is 11.5. The van der Waals surface area contributed by atoms with E-state index in [-0.39, 0.29) is 5.56 Å². The lowest BCUT2D eigenvalue weighted by atomic mass is 9.82. The fourth-order valence-corrected chi connectivity index (χ4v) is 2.83. The Morgan fingerprint density at radius 3 is 2.50 bits per heavy atom. The van der Waals surface area contributed by atoms with Crippen molar-refractivity contribution in [1.29, 1.82) is 0 Å². The van der Waals surface area contributed by atoms with Crippen molar-refractivity contribution in [3.8, 4) is 0 Å². The van der Waals surface area contributed by atoms with E-state index in [1.54, 1.807) is 6.07 Å². The number of hydrogen-bond donors (Lipinski definition) is 0. The molecule has 0 aromatic heterocycles. The van der Waals surface area contributed by atoms with Crippen molar-refractivity contribution in [2.75, 3.05) is 6.61 Å². The van der Waals surface area contributed by atoms with Crippen LogP contribution in [0.15, 0.2) is 24.3 Å². The van der Waals surface area contributed by atoms with Crippen molar-refractivity contribution in [3.05, 3.63) is 41.2 Å². The molecule has 20 heavy (non-hydrogen) atoms. The highest BCUT2D eigenvalue weighted by atomic mass is 19.3. The van der Waals surface area contributed by atoms with Gasteiger partial charge in [-0.15, -0.1) is 0 Å². The highest BCUT2D eigenvalue weighted by Gasteiger charge is 2.23. The van der Waals surface area contributed by atoms with Gasteiger partial charge in [-0.3, -0.25) is 0 Å². The third-order valence-corrected chi connectivity index (χ3v) is 3.84. The molecular formula is C16H19F3O. The number of hydrogen-bond acceptors (Lipinski definition) is 1. The number of rotatable bonds is 4. The SMILES string of the molecule is CCO[C@H]1CC[C@H](c2ccc(C=C(F)F)c(F)c2)CC1. The zero-order valence-corrected chi connectivity index (χ0v) is 11.5. The molecule has 1 fully saturated rings. The van der Waals surface area contributed by atoms with E-state index < -0.39 is 11.9 Å². The van der Waals surface area contributed by atoms with Crippen molar-refractivity contribution in [2.24, 2.45) is 0 Å². The number of ether oxygens (including phenoxy) is 1. The summed E-state index contributed by atoms with van der Waals surface area (Å²) in [6.45, 7) is 2.71. The van der Waals surface area contributed by atoms with Gasteiger partial charge in [0.1, 0.15) is 5.82 Å². The molecule has 1 aromatic rings. The van der Waals surface area contributed by atoms with Crippen LogP contribution in [0.2, 0.25) is 0 Å². The molecule has 110 valence electrons. The number of halogens is 3. The fraction of sp³-hybridized carbons (Fsp3) is 0.500. The van der Waals surface area contributed by atoms with Crippen LogP contribution in [-0.2, 0) is 4.74 Å². The van der Waals surface area contributed by atoms with Crippen LogP contribution in [0.4, 0.5) is 13.2 Å². The minimum absolute atomic E-state index is 0.0586. The molecular weight excluding hydrogens is 265 g/mol. The third kappa shape index (κ3) is 3.85. The van der Waals surface area contributed by atoms with Crippen LogP contribution >= 0.6 is 0 Å². The van der Waals surface area contributed by atoms with Gasteiger partial charge in [0.25, 0.3) is 6.08 Å². The highest BCUT2D eigenvalue weighted by Crippen LogP contribution is 2.34. The minimum Gasteiger partial charge on any atom is -0.379 e. The molecule has 0 saturated heterocycles. The Morgan fingerprint density at radius 1 is 1.25 bits per heavy atom. The zero-order chi connectivity index (χ0) is 14.5. The third-order valence-electron chi connectivity index (χ3n) is 3.84. The molecule has 0 unspecified atom stereocenters. The standard InChI is InChI=1S/C16H19F3O/c1-2-20-14-7-5-11(6-8-14)12-3-4-13(10-16(18)19)15(17)9-12/h3-4,9-11,14H,2,5-8H2,1H3/t11-,14-. The topological polar surface area (TPSA) is 9.23 Å². The van der Waals surface area contributed by atoms with Gasteiger partial charge in [0.15, 0.2) is 0 Å². The van der Waals surface area contributed by atoms with Crippen molar-refractivity contribution < 1.29 is 17.9 Å². The molecule has 0 atom stereocenters. The van der Waals surface area contributed by atoms with E-state index in [9.17, 15) is 13.2 Å². The summed E-state index contributed by atoms with van der Waals surface area (Å²) >= 11 is 0. The Morgan fingerprint density at radius 2 is 1.95 bits per heavy atom. The Bertz CT molecular complexity index is 473. The molecule has 1 aliphatic carbocycles. The van der Waals surface area contributed by atoms with E-state index in [0.717, 1.165) is 37.9 Å². The molecule has 0 amide bonds. The van der Waals surface area contributed by atoms with Gasteiger partial charge in [-0.05, 0) is 50.2 Å². The lowest BCUT2D eigenvalue weighted by molar-refractivity contribution is 0.0328. The van der Waals surface area contributed by atoms with Crippen molar-refractivity contribution in [1.82, 2.24) is 0 Å². The molecule has 1 saturated carbocycles. The first-order valence-corrected chi connectivity index (χ1v) is 7.04. The summed E-state index contributed by atoms with van der Waals surface area (Å²) in [6.07, 6.45) is 2.85. The molecule has 0 aliphatic heterocycles. The molecule has 0 bridgehead atoms. The predicted molar refractivity (Wildman–Crippen MR) is 73.2 cm³/mol. The summed E-state index contributed by atoms with van der Waals surface area (Å²) in [4.78, 5) is 0. The number of benzene rings is 1. The normalized spacial score (nSPS) is 22.6. The highest BCUT2D eigenvalue weighted by molar-refractivity contribution is 5.51. The summed E-state index contributed by atoms with van der Waals surface area (Å²) in [7, 11) is 0. The molecule has 0 radical (unpaired) electrons. The van der Waals surface area contributed by atoms with Gasteiger partial charge < -0.3 is 4.74 Å². The van der Waals surface area contributed by atoms with Gasteiger partial charge in [0.05, 0.1) is 6.10 Å². The van der Waals surface area contributed by atoms with E-state index >= 15 is 0 Å². The first-order valence-electron chi connectivity index (χ1n) is 7.04. The van der Waals surface area contributed by atoms with E-state index in [4.69, 9.17) is 4.74 Å². The molecule has 0 heterocycles. The Kier molecular flexibility index (Phi) is 5.24. The summed E-state index contributed by atoms with van der Waals surface area (Å²) in [5, 5.41) is 0. The average Bonchev–Trinajstić information content (AvgIpc) is 2.42.